The predicted molar refractivity (Wildman–Crippen MR) is 84.8 cm³/mol. The van der Waals surface area contributed by atoms with Gasteiger partial charge in [-0.2, -0.15) is 0 Å². The average molecular weight is 298 g/mol. The number of aromatic amines is 1. The monoisotopic (exact) mass is 297 g/mol. The molecule has 0 amide bonds. The molecule has 1 heterocycles. The van der Waals surface area contributed by atoms with Gasteiger partial charge in [0.05, 0.1) is 5.56 Å². The summed E-state index contributed by atoms with van der Waals surface area (Å²) in [5.74, 6) is -0.367. The maximum atomic E-state index is 12.1. The van der Waals surface area contributed by atoms with Crippen molar-refractivity contribution < 1.29 is 9.90 Å². The van der Waals surface area contributed by atoms with Crippen molar-refractivity contribution >= 4 is 34.4 Å². The summed E-state index contributed by atoms with van der Waals surface area (Å²) in [5.41, 5.74) is 2.12. The van der Waals surface area contributed by atoms with E-state index >= 15 is 0 Å². The predicted octanol–water partition coefficient (Wildman–Crippen LogP) is 4.42. The molecular weight excluding hydrogens is 286 g/mol. The van der Waals surface area contributed by atoms with Gasteiger partial charge in [-0.15, -0.1) is 0 Å². The SMILES string of the molecule is O=C(/C=C/c1c[nH]c2ccccc12)c1cc(Cl)ccc1O. The van der Waals surface area contributed by atoms with Gasteiger partial charge in [-0.05, 0) is 42.0 Å². The van der Waals surface area contributed by atoms with E-state index in [4.69, 9.17) is 11.6 Å². The standard InChI is InChI=1S/C17H12ClNO2/c18-12-6-8-17(21)14(9-12)16(20)7-5-11-10-19-15-4-2-1-3-13(11)15/h1-10,19,21H/b7-5+. The van der Waals surface area contributed by atoms with E-state index in [1.165, 1.54) is 24.3 Å². The van der Waals surface area contributed by atoms with Crippen LogP contribution in [0.1, 0.15) is 15.9 Å². The van der Waals surface area contributed by atoms with Crippen molar-refractivity contribution in [1.82, 2.24) is 4.98 Å². The maximum absolute atomic E-state index is 12.1. The van der Waals surface area contributed by atoms with Crippen LogP contribution in [0.5, 0.6) is 5.75 Å². The molecule has 0 bridgehead atoms. The number of aromatic hydroxyl groups is 1. The molecule has 0 unspecified atom stereocenters. The number of nitrogens with one attached hydrogen (secondary N) is 1. The highest BCUT2D eigenvalue weighted by Crippen LogP contribution is 2.23. The highest BCUT2D eigenvalue weighted by molar-refractivity contribution is 6.31. The molecule has 2 N–H and O–H groups in total. The molecule has 0 saturated heterocycles. The van der Waals surface area contributed by atoms with Gasteiger partial charge in [0.25, 0.3) is 0 Å². The van der Waals surface area contributed by atoms with Crippen molar-refractivity contribution in [3.8, 4) is 5.75 Å². The van der Waals surface area contributed by atoms with Gasteiger partial charge in [-0.3, -0.25) is 4.79 Å². The van der Waals surface area contributed by atoms with Crippen LogP contribution in [0.15, 0.2) is 54.7 Å². The van der Waals surface area contributed by atoms with Crippen molar-refractivity contribution in [2.75, 3.05) is 0 Å². The summed E-state index contributed by atoms with van der Waals surface area (Å²) in [6.45, 7) is 0. The van der Waals surface area contributed by atoms with Crippen molar-refractivity contribution in [1.29, 1.82) is 0 Å². The van der Waals surface area contributed by atoms with Crippen LogP contribution in [0.2, 0.25) is 5.02 Å². The van der Waals surface area contributed by atoms with Crippen molar-refractivity contribution in [2.24, 2.45) is 0 Å². The first kappa shape index (κ1) is 13.5. The highest BCUT2D eigenvalue weighted by atomic mass is 35.5. The number of phenols is 1. The van der Waals surface area contributed by atoms with E-state index in [9.17, 15) is 9.90 Å². The third-order valence-corrected chi connectivity index (χ3v) is 3.49. The molecule has 0 radical (unpaired) electrons. The van der Waals surface area contributed by atoms with Crippen LogP contribution >= 0.6 is 11.6 Å². The molecule has 4 heteroatoms. The van der Waals surface area contributed by atoms with E-state index < -0.39 is 0 Å². The molecule has 21 heavy (non-hydrogen) atoms. The molecule has 0 aliphatic heterocycles. The zero-order valence-corrected chi connectivity index (χ0v) is 11.8. The number of halogens is 1. The van der Waals surface area contributed by atoms with Gasteiger partial charge in [0.2, 0.25) is 0 Å². The zero-order chi connectivity index (χ0) is 14.8. The van der Waals surface area contributed by atoms with E-state index in [-0.39, 0.29) is 17.1 Å². The number of H-pyrrole nitrogens is 1. The normalized spacial score (nSPS) is 11.3. The minimum Gasteiger partial charge on any atom is -0.507 e. The number of carbonyl (C=O) groups excluding carboxylic acids is 1. The van der Waals surface area contributed by atoms with E-state index in [0.29, 0.717) is 5.02 Å². The summed E-state index contributed by atoms with van der Waals surface area (Å²) < 4.78 is 0. The number of hydrogen-bond acceptors (Lipinski definition) is 2. The Bertz CT molecular complexity index is 849. The molecule has 2 aromatic carbocycles. The van der Waals surface area contributed by atoms with Gasteiger partial charge in [0, 0.05) is 22.1 Å². The average Bonchev–Trinajstić information content (AvgIpc) is 2.90. The minimum absolute atomic E-state index is 0.0759. The summed E-state index contributed by atoms with van der Waals surface area (Å²) in [7, 11) is 0. The lowest BCUT2D eigenvalue weighted by Gasteiger charge is -2.00. The molecule has 0 atom stereocenters. The van der Waals surface area contributed by atoms with Gasteiger partial charge < -0.3 is 10.1 Å². The molecule has 3 rings (SSSR count). The van der Waals surface area contributed by atoms with E-state index in [2.05, 4.69) is 4.98 Å². The van der Waals surface area contributed by atoms with Crippen LogP contribution in [-0.4, -0.2) is 15.9 Å². The zero-order valence-electron chi connectivity index (χ0n) is 11.0. The van der Waals surface area contributed by atoms with Gasteiger partial charge in [-0.25, -0.2) is 0 Å². The van der Waals surface area contributed by atoms with E-state index in [1.54, 1.807) is 6.08 Å². The lowest BCUT2D eigenvalue weighted by molar-refractivity contribution is 0.104. The van der Waals surface area contributed by atoms with E-state index in [0.717, 1.165) is 16.5 Å². The third-order valence-electron chi connectivity index (χ3n) is 3.26. The molecule has 0 aliphatic rings. The number of carbonyl (C=O) groups is 1. The second-order valence-electron chi connectivity index (χ2n) is 4.65. The van der Waals surface area contributed by atoms with Crippen LogP contribution in [0, 0.1) is 0 Å². The summed E-state index contributed by atoms with van der Waals surface area (Å²) in [6.07, 6.45) is 4.99. The number of phenolic OH excluding ortho intramolecular Hbond substituents is 1. The summed E-state index contributed by atoms with van der Waals surface area (Å²) in [5, 5.41) is 11.2. The second-order valence-corrected chi connectivity index (χ2v) is 5.09. The van der Waals surface area contributed by atoms with Crippen molar-refractivity contribution in [3.05, 3.63) is 70.9 Å². The molecule has 0 aliphatic carbocycles. The lowest BCUT2D eigenvalue weighted by atomic mass is 10.1. The summed E-state index contributed by atoms with van der Waals surface area (Å²) in [4.78, 5) is 15.3. The Kier molecular flexibility index (Phi) is 3.50. The summed E-state index contributed by atoms with van der Waals surface area (Å²) >= 11 is 5.85. The molecule has 104 valence electrons. The fourth-order valence-corrected chi connectivity index (χ4v) is 2.36. The molecule has 0 spiro atoms. The van der Waals surface area contributed by atoms with Crippen LogP contribution in [0.3, 0.4) is 0 Å². The molecule has 0 fully saturated rings. The second kappa shape index (κ2) is 5.46. The summed E-state index contributed by atoms with van der Waals surface area (Å²) in [6, 6.07) is 12.2. The number of fused-ring (bicyclic) bond motifs is 1. The largest absolute Gasteiger partial charge is 0.507 e. The Morgan fingerprint density at radius 3 is 2.86 bits per heavy atom. The third kappa shape index (κ3) is 2.69. The van der Waals surface area contributed by atoms with Gasteiger partial charge in [0.1, 0.15) is 5.75 Å². The first-order chi connectivity index (χ1) is 10.1. The number of allylic oxidation sites excluding steroid dienone is 1. The Hall–Kier alpha value is -2.52. The van der Waals surface area contributed by atoms with Gasteiger partial charge >= 0.3 is 0 Å². The number of para-hydroxylation sites is 1. The minimum atomic E-state index is -0.291. The van der Waals surface area contributed by atoms with Crippen LogP contribution in [-0.2, 0) is 0 Å². The fourth-order valence-electron chi connectivity index (χ4n) is 2.19. The number of ketones is 1. The quantitative estimate of drug-likeness (QED) is 0.555. The number of aromatic nitrogens is 1. The lowest BCUT2D eigenvalue weighted by Crippen LogP contribution is -1.94. The first-order valence-electron chi connectivity index (χ1n) is 6.42. The molecule has 3 aromatic rings. The Labute approximate surface area is 126 Å². The Morgan fingerprint density at radius 2 is 2.00 bits per heavy atom. The fraction of sp³-hybridized carbons (Fsp3) is 0. The Morgan fingerprint density at radius 1 is 1.19 bits per heavy atom. The highest BCUT2D eigenvalue weighted by Gasteiger charge is 2.09. The maximum Gasteiger partial charge on any atom is 0.189 e. The number of rotatable bonds is 3. The first-order valence-corrected chi connectivity index (χ1v) is 6.80. The van der Waals surface area contributed by atoms with Crippen LogP contribution in [0.4, 0.5) is 0 Å². The van der Waals surface area contributed by atoms with Gasteiger partial charge in [-0.1, -0.05) is 29.8 Å². The smallest absolute Gasteiger partial charge is 0.189 e. The van der Waals surface area contributed by atoms with Crippen LogP contribution < -0.4 is 0 Å². The van der Waals surface area contributed by atoms with Crippen molar-refractivity contribution in [3.63, 3.8) is 0 Å². The molecule has 0 saturated carbocycles. The Balaban J connectivity index is 1.92. The van der Waals surface area contributed by atoms with Gasteiger partial charge in [0.15, 0.2) is 5.78 Å². The molecule has 1 aromatic heterocycles. The van der Waals surface area contributed by atoms with E-state index in [1.807, 2.05) is 30.5 Å². The van der Waals surface area contributed by atoms with Crippen LogP contribution in [0.25, 0.3) is 17.0 Å². The number of hydrogen-bond donors (Lipinski definition) is 2. The molecular formula is C17H12ClNO2. The topological polar surface area (TPSA) is 53.1 Å². The number of benzene rings is 2. The molecule has 3 nitrogen and oxygen atoms in total. The van der Waals surface area contributed by atoms with Crippen molar-refractivity contribution in [2.45, 2.75) is 0 Å².